The summed E-state index contributed by atoms with van der Waals surface area (Å²) in [6.07, 6.45) is 3.18. The summed E-state index contributed by atoms with van der Waals surface area (Å²) in [5.41, 5.74) is 6.20. The summed E-state index contributed by atoms with van der Waals surface area (Å²) >= 11 is 0. The van der Waals surface area contributed by atoms with E-state index in [2.05, 4.69) is 15.1 Å². The highest BCUT2D eigenvalue weighted by molar-refractivity contribution is 5.16. The molecule has 2 aromatic rings. The molecule has 0 aliphatic heterocycles. The van der Waals surface area contributed by atoms with Gasteiger partial charge in [-0.1, -0.05) is 0 Å². The topological polar surface area (TPSA) is 69.6 Å². The maximum Gasteiger partial charge on any atom is 0.141 e. The lowest BCUT2D eigenvalue weighted by atomic mass is 9.94. The van der Waals surface area contributed by atoms with Crippen molar-refractivity contribution in [2.24, 2.45) is 5.73 Å². The van der Waals surface area contributed by atoms with Crippen LogP contribution in [0.4, 0.5) is 4.39 Å². The zero-order valence-corrected chi connectivity index (χ0v) is 11.3. The van der Waals surface area contributed by atoms with E-state index in [9.17, 15) is 4.39 Å². The zero-order valence-electron chi connectivity index (χ0n) is 11.3. The van der Waals surface area contributed by atoms with E-state index >= 15 is 0 Å². The summed E-state index contributed by atoms with van der Waals surface area (Å²) in [4.78, 5) is 8.28. The molecule has 5 nitrogen and oxygen atoms in total. The van der Waals surface area contributed by atoms with Crippen molar-refractivity contribution in [3.8, 4) is 0 Å². The molecule has 19 heavy (non-hydrogen) atoms. The van der Waals surface area contributed by atoms with Crippen molar-refractivity contribution in [3.05, 3.63) is 42.0 Å². The molecular formula is C13H18FN5. The quantitative estimate of drug-likeness (QED) is 0.913. The summed E-state index contributed by atoms with van der Waals surface area (Å²) in [5.74, 6) is 0.427. The van der Waals surface area contributed by atoms with Crippen molar-refractivity contribution in [1.82, 2.24) is 19.7 Å². The average molecular weight is 263 g/mol. The molecular weight excluding hydrogens is 245 g/mol. The van der Waals surface area contributed by atoms with Crippen LogP contribution in [0.3, 0.4) is 0 Å². The van der Waals surface area contributed by atoms with E-state index in [-0.39, 0.29) is 11.9 Å². The van der Waals surface area contributed by atoms with Gasteiger partial charge in [0.1, 0.15) is 18.0 Å². The first-order valence-electron chi connectivity index (χ1n) is 6.19. The van der Waals surface area contributed by atoms with Crippen molar-refractivity contribution in [3.63, 3.8) is 0 Å². The van der Waals surface area contributed by atoms with Gasteiger partial charge in [-0.2, -0.15) is 5.10 Å². The second-order valence-corrected chi connectivity index (χ2v) is 5.17. The van der Waals surface area contributed by atoms with Crippen molar-refractivity contribution in [2.75, 3.05) is 0 Å². The molecule has 0 amide bonds. The molecule has 0 bridgehead atoms. The molecule has 2 heterocycles. The lowest BCUT2D eigenvalue weighted by molar-refractivity contribution is 0.424. The Labute approximate surface area is 111 Å². The Morgan fingerprint density at radius 3 is 2.68 bits per heavy atom. The third-order valence-corrected chi connectivity index (χ3v) is 2.97. The summed E-state index contributed by atoms with van der Waals surface area (Å²) < 4.78 is 14.7. The Balaban J connectivity index is 2.25. The number of nitrogens with zero attached hydrogens (tertiary/aromatic N) is 4. The summed E-state index contributed by atoms with van der Waals surface area (Å²) in [5, 5.41) is 4.18. The molecule has 1 atom stereocenters. The van der Waals surface area contributed by atoms with Crippen LogP contribution >= 0.6 is 0 Å². The molecule has 2 aromatic heterocycles. The van der Waals surface area contributed by atoms with E-state index in [0.717, 1.165) is 5.82 Å². The third kappa shape index (κ3) is 2.96. The first kappa shape index (κ1) is 13.6. The Morgan fingerprint density at radius 2 is 2.11 bits per heavy atom. The fraction of sp³-hybridized carbons (Fsp3) is 0.462. The Hall–Kier alpha value is -1.82. The number of halogens is 1. The molecule has 102 valence electrons. The Morgan fingerprint density at radius 1 is 1.37 bits per heavy atom. The van der Waals surface area contributed by atoms with Crippen LogP contribution in [0.1, 0.15) is 38.3 Å². The number of hydrogen-bond donors (Lipinski definition) is 1. The van der Waals surface area contributed by atoms with Crippen LogP contribution < -0.4 is 5.73 Å². The SMILES string of the molecule is CC(C)n1ncnc1CC(C)(N)c1ccc(F)cn1. The van der Waals surface area contributed by atoms with E-state index in [1.165, 1.54) is 18.6 Å². The normalized spacial score (nSPS) is 14.6. The number of hydrogen-bond acceptors (Lipinski definition) is 4. The maximum absolute atomic E-state index is 12.9. The highest BCUT2D eigenvalue weighted by Crippen LogP contribution is 2.21. The first-order valence-corrected chi connectivity index (χ1v) is 6.19. The van der Waals surface area contributed by atoms with E-state index in [4.69, 9.17) is 5.73 Å². The lowest BCUT2D eigenvalue weighted by Gasteiger charge is -2.24. The number of aromatic nitrogens is 4. The second kappa shape index (κ2) is 5.05. The maximum atomic E-state index is 12.9. The predicted molar refractivity (Wildman–Crippen MR) is 69.8 cm³/mol. The predicted octanol–water partition coefficient (Wildman–Crippen LogP) is 1.81. The van der Waals surface area contributed by atoms with Crippen LogP contribution in [0.25, 0.3) is 0 Å². The van der Waals surface area contributed by atoms with Gasteiger partial charge in [0, 0.05) is 12.5 Å². The summed E-state index contributed by atoms with van der Waals surface area (Å²) in [6.45, 7) is 5.91. The van der Waals surface area contributed by atoms with Crippen LogP contribution in [0.15, 0.2) is 24.7 Å². The minimum atomic E-state index is -0.715. The van der Waals surface area contributed by atoms with E-state index < -0.39 is 5.54 Å². The molecule has 0 aliphatic carbocycles. The van der Waals surface area contributed by atoms with Gasteiger partial charge in [0.05, 0.1) is 17.4 Å². The largest absolute Gasteiger partial charge is 0.320 e. The Kier molecular flexibility index (Phi) is 3.61. The van der Waals surface area contributed by atoms with Gasteiger partial charge in [-0.15, -0.1) is 0 Å². The smallest absolute Gasteiger partial charge is 0.141 e. The van der Waals surface area contributed by atoms with Crippen LogP contribution in [0.2, 0.25) is 0 Å². The highest BCUT2D eigenvalue weighted by Gasteiger charge is 2.26. The average Bonchev–Trinajstić information content (AvgIpc) is 2.77. The van der Waals surface area contributed by atoms with Gasteiger partial charge in [0.25, 0.3) is 0 Å². The van der Waals surface area contributed by atoms with Crippen LogP contribution in [-0.2, 0) is 12.0 Å². The second-order valence-electron chi connectivity index (χ2n) is 5.17. The van der Waals surface area contributed by atoms with Crippen LogP contribution in [-0.4, -0.2) is 19.7 Å². The van der Waals surface area contributed by atoms with E-state index in [1.807, 2.05) is 25.5 Å². The van der Waals surface area contributed by atoms with Crippen LogP contribution in [0, 0.1) is 5.82 Å². The van der Waals surface area contributed by atoms with E-state index in [0.29, 0.717) is 12.1 Å². The highest BCUT2D eigenvalue weighted by atomic mass is 19.1. The summed E-state index contributed by atoms with van der Waals surface area (Å²) in [6, 6.07) is 3.18. The van der Waals surface area contributed by atoms with Gasteiger partial charge in [-0.05, 0) is 32.9 Å². The molecule has 0 aliphatic rings. The molecule has 0 radical (unpaired) electrons. The van der Waals surface area contributed by atoms with Crippen molar-refractivity contribution in [2.45, 2.75) is 38.8 Å². The number of nitrogens with two attached hydrogens (primary N) is 1. The molecule has 1 unspecified atom stereocenters. The first-order chi connectivity index (χ1) is 8.90. The van der Waals surface area contributed by atoms with Gasteiger partial charge in [-0.25, -0.2) is 14.1 Å². The summed E-state index contributed by atoms with van der Waals surface area (Å²) in [7, 11) is 0. The molecule has 0 saturated heterocycles. The monoisotopic (exact) mass is 263 g/mol. The third-order valence-electron chi connectivity index (χ3n) is 2.97. The fourth-order valence-corrected chi connectivity index (χ4v) is 1.96. The van der Waals surface area contributed by atoms with Crippen molar-refractivity contribution >= 4 is 0 Å². The van der Waals surface area contributed by atoms with Gasteiger partial charge in [-0.3, -0.25) is 4.98 Å². The van der Waals surface area contributed by atoms with Gasteiger partial charge in [0.15, 0.2) is 0 Å². The lowest BCUT2D eigenvalue weighted by Crippen LogP contribution is -2.37. The molecule has 6 heteroatoms. The standard InChI is InChI=1S/C13H18FN5/c1-9(2)19-12(17-8-18-19)6-13(3,15)11-5-4-10(14)7-16-11/h4-5,7-9H,6,15H2,1-3H3. The minimum absolute atomic E-state index is 0.217. The fourth-order valence-electron chi connectivity index (χ4n) is 1.96. The van der Waals surface area contributed by atoms with Crippen molar-refractivity contribution < 1.29 is 4.39 Å². The number of pyridine rings is 1. The van der Waals surface area contributed by atoms with Gasteiger partial charge >= 0.3 is 0 Å². The van der Waals surface area contributed by atoms with Gasteiger partial charge < -0.3 is 5.73 Å². The van der Waals surface area contributed by atoms with Crippen LogP contribution in [0.5, 0.6) is 0 Å². The zero-order chi connectivity index (χ0) is 14.0. The van der Waals surface area contributed by atoms with E-state index in [1.54, 1.807) is 6.07 Å². The molecule has 2 N–H and O–H groups in total. The molecule has 0 spiro atoms. The molecule has 0 saturated carbocycles. The van der Waals surface area contributed by atoms with Gasteiger partial charge in [0.2, 0.25) is 0 Å². The molecule has 0 aromatic carbocycles. The minimum Gasteiger partial charge on any atom is -0.320 e. The number of rotatable bonds is 4. The molecule has 0 fully saturated rings. The molecule has 2 rings (SSSR count). The van der Waals surface area contributed by atoms with Crippen molar-refractivity contribution in [1.29, 1.82) is 0 Å². The Bertz CT molecular complexity index is 544.